The summed E-state index contributed by atoms with van der Waals surface area (Å²) in [5.74, 6) is 1.14. The van der Waals surface area contributed by atoms with Gasteiger partial charge in [0.15, 0.2) is 0 Å². The molecule has 0 saturated carbocycles. The maximum atomic E-state index is 11.3. The quantitative estimate of drug-likeness (QED) is 0.839. The van der Waals surface area contributed by atoms with Crippen molar-refractivity contribution in [3.63, 3.8) is 0 Å². The average molecular weight is 248 g/mol. The van der Waals surface area contributed by atoms with Crippen LogP contribution in [0.4, 0.5) is 0 Å². The fraction of sp³-hybridized carbons (Fsp3) is 0.167. The molecule has 2 rings (SSSR count). The Balaban J connectivity index is 2.67. The largest absolute Gasteiger partial charge is 0.497 e. The summed E-state index contributed by atoms with van der Waals surface area (Å²) < 4.78 is 10.3. The summed E-state index contributed by atoms with van der Waals surface area (Å²) in [6.07, 6.45) is 0. The molecule has 0 aliphatic rings. The van der Waals surface area contributed by atoms with Gasteiger partial charge in [-0.05, 0) is 18.2 Å². The molecule has 94 valence electrons. The van der Waals surface area contributed by atoms with Gasteiger partial charge in [-0.1, -0.05) is 0 Å². The fourth-order valence-corrected chi connectivity index (χ4v) is 1.64. The molecule has 0 atom stereocenters. The lowest BCUT2D eigenvalue weighted by molar-refractivity contribution is 0.404. The number of nitrogens with one attached hydrogen (secondary N) is 2. The van der Waals surface area contributed by atoms with Gasteiger partial charge in [0.1, 0.15) is 11.5 Å². The van der Waals surface area contributed by atoms with Gasteiger partial charge in [0.25, 0.3) is 5.56 Å². The normalized spacial score (nSPS) is 10.1. The van der Waals surface area contributed by atoms with Crippen LogP contribution in [-0.2, 0) is 0 Å². The third-order valence-corrected chi connectivity index (χ3v) is 2.46. The number of rotatable bonds is 3. The number of H-pyrrole nitrogens is 2. The molecule has 0 aliphatic carbocycles. The highest BCUT2D eigenvalue weighted by molar-refractivity contribution is 5.68. The Morgan fingerprint density at radius 2 is 1.78 bits per heavy atom. The first-order valence-electron chi connectivity index (χ1n) is 5.20. The summed E-state index contributed by atoms with van der Waals surface area (Å²) in [5.41, 5.74) is -0.0828. The highest BCUT2D eigenvalue weighted by Gasteiger charge is 2.09. The number of hydrogen-bond acceptors (Lipinski definition) is 4. The van der Waals surface area contributed by atoms with E-state index in [-0.39, 0.29) is 0 Å². The van der Waals surface area contributed by atoms with Crippen molar-refractivity contribution < 1.29 is 9.47 Å². The Hall–Kier alpha value is -2.50. The maximum Gasteiger partial charge on any atom is 0.326 e. The standard InChI is InChI=1S/C12H12N2O4/c1-17-7-3-4-10(18-2)8(5-7)9-6-11(15)14-12(16)13-9/h3-6H,1-2H3,(H2,13,14,15,16). The Morgan fingerprint density at radius 1 is 1.00 bits per heavy atom. The van der Waals surface area contributed by atoms with Gasteiger partial charge < -0.3 is 14.5 Å². The Bertz CT molecular complexity index is 644. The van der Waals surface area contributed by atoms with E-state index in [9.17, 15) is 9.59 Å². The van der Waals surface area contributed by atoms with Crippen LogP contribution in [0.25, 0.3) is 11.3 Å². The molecule has 6 heteroatoms. The lowest BCUT2D eigenvalue weighted by atomic mass is 10.1. The number of ether oxygens (including phenoxy) is 2. The Labute approximate surface area is 102 Å². The van der Waals surface area contributed by atoms with Gasteiger partial charge in [0, 0.05) is 11.6 Å². The number of aromatic nitrogens is 2. The molecular formula is C12H12N2O4. The van der Waals surface area contributed by atoms with Crippen LogP contribution in [0.3, 0.4) is 0 Å². The third-order valence-electron chi connectivity index (χ3n) is 2.46. The van der Waals surface area contributed by atoms with Crippen molar-refractivity contribution >= 4 is 0 Å². The van der Waals surface area contributed by atoms with Crippen LogP contribution in [0.2, 0.25) is 0 Å². The molecule has 2 N–H and O–H groups in total. The fourth-order valence-electron chi connectivity index (χ4n) is 1.64. The van der Waals surface area contributed by atoms with E-state index in [4.69, 9.17) is 9.47 Å². The zero-order chi connectivity index (χ0) is 13.1. The molecule has 0 amide bonds. The van der Waals surface area contributed by atoms with Crippen molar-refractivity contribution in [2.75, 3.05) is 14.2 Å². The van der Waals surface area contributed by atoms with E-state index >= 15 is 0 Å². The zero-order valence-electron chi connectivity index (χ0n) is 9.94. The number of hydrogen-bond donors (Lipinski definition) is 2. The minimum Gasteiger partial charge on any atom is -0.497 e. The van der Waals surface area contributed by atoms with Crippen molar-refractivity contribution in [1.82, 2.24) is 9.97 Å². The van der Waals surface area contributed by atoms with Crippen LogP contribution in [0.1, 0.15) is 0 Å². The number of aromatic amines is 2. The summed E-state index contributed by atoms with van der Waals surface area (Å²) in [6, 6.07) is 6.41. The van der Waals surface area contributed by atoms with Crippen molar-refractivity contribution in [3.8, 4) is 22.8 Å². The van der Waals surface area contributed by atoms with Crippen molar-refractivity contribution in [3.05, 3.63) is 45.1 Å². The monoisotopic (exact) mass is 248 g/mol. The van der Waals surface area contributed by atoms with E-state index in [1.54, 1.807) is 18.2 Å². The first kappa shape index (κ1) is 12.0. The summed E-state index contributed by atoms with van der Waals surface area (Å²) >= 11 is 0. The first-order valence-corrected chi connectivity index (χ1v) is 5.20. The molecule has 0 aliphatic heterocycles. The van der Waals surface area contributed by atoms with Crippen LogP contribution in [0.5, 0.6) is 11.5 Å². The lowest BCUT2D eigenvalue weighted by Gasteiger charge is -2.09. The van der Waals surface area contributed by atoms with Crippen molar-refractivity contribution in [1.29, 1.82) is 0 Å². The number of methoxy groups -OCH3 is 2. The van der Waals surface area contributed by atoms with Crippen LogP contribution < -0.4 is 20.7 Å². The van der Waals surface area contributed by atoms with Gasteiger partial charge in [0.2, 0.25) is 0 Å². The predicted molar refractivity (Wildman–Crippen MR) is 66.2 cm³/mol. The molecule has 6 nitrogen and oxygen atoms in total. The van der Waals surface area contributed by atoms with Crippen LogP contribution >= 0.6 is 0 Å². The molecule has 0 unspecified atom stereocenters. The second-order valence-electron chi connectivity index (χ2n) is 3.57. The number of benzene rings is 1. The van der Waals surface area contributed by atoms with Gasteiger partial charge in [-0.15, -0.1) is 0 Å². The van der Waals surface area contributed by atoms with Gasteiger partial charge in [-0.2, -0.15) is 0 Å². The SMILES string of the molecule is COc1ccc(OC)c(-c2cc(=O)[nH]c(=O)[nH]2)c1. The van der Waals surface area contributed by atoms with E-state index in [2.05, 4.69) is 9.97 Å². The minimum atomic E-state index is -0.567. The van der Waals surface area contributed by atoms with E-state index in [1.807, 2.05) is 0 Å². The van der Waals surface area contributed by atoms with Crippen LogP contribution in [0, 0.1) is 0 Å². The molecule has 0 spiro atoms. The summed E-state index contributed by atoms with van der Waals surface area (Å²) in [7, 11) is 3.04. The van der Waals surface area contributed by atoms with E-state index in [0.29, 0.717) is 22.8 Å². The highest BCUT2D eigenvalue weighted by Crippen LogP contribution is 2.31. The Morgan fingerprint density at radius 3 is 2.39 bits per heavy atom. The van der Waals surface area contributed by atoms with Crippen molar-refractivity contribution in [2.45, 2.75) is 0 Å². The summed E-state index contributed by atoms with van der Waals surface area (Å²) in [4.78, 5) is 27.2. The second kappa shape index (κ2) is 4.79. The first-order chi connectivity index (χ1) is 8.63. The smallest absolute Gasteiger partial charge is 0.326 e. The summed E-state index contributed by atoms with van der Waals surface area (Å²) in [6.45, 7) is 0. The van der Waals surface area contributed by atoms with Crippen LogP contribution in [0.15, 0.2) is 33.9 Å². The van der Waals surface area contributed by atoms with Gasteiger partial charge in [-0.3, -0.25) is 9.78 Å². The molecule has 18 heavy (non-hydrogen) atoms. The van der Waals surface area contributed by atoms with E-state index in [0.717, 1.165) is 0 Å². The maximum absolute atomic E-state index is 11.3. The second-order valence-corrected chi connectivity index (χ2v) is 3.57. The van der Waals surface area contributed by atoms with Gasteiger partial charge in [-0.25, -0.2) is 4.79 Å². The van der Waals surface area contributed by atoms with Gasteiger partial charge in [0.05, 0.1) is 19.9 Å². The van der Waals surface area contributed by atoms with Gasteiger partial charge >= 0.3 is 5.69 Å². The van der Waals surface area contributed by atoms with Crippen LogP contribution in [-0.4, -0.2) is 24.2 Å². The molecule has 1 heterocycles. The van der Waals surface area contributed by atoms with E-state index < -0.39 is 11.2 Å². The third kappa shape index (κ3) is 2.27. The lowest BCUT2D eigenvalue weighted by Crippen LogP contribution is -2.21. The molecule has 0 saturated heterocycles. The molecule has 2 aromatic rings. The highest BCUT2D eigenvalue weighted by atomic mass is 16.5. The minimum absolute atomic E-state index is 0.375. The molecule has 1 aromatic carbocycles. The molecule has 1 aromatic heterocycles. The Kier molecular flexibility index (Phi) is 3.18. The predicted octanol–water partition coefficient (Wildman–Crippen LogP) is 0.747. The molecule has 0 fully saturated rings. The average Bonchev–Trinajstić information content (AvgIpc) is 2.36. The van der Waals surface area contributed by atoms with Crippen molar-refractivity contribution in [2.24, 2.45) is 0 Å². The topological polar surface area (TPSA) is 84.2 Å². The zero-order valence-corrected chi connectivity index (χ0v) is 9.94. The van der Waals surface area contributed by atoms with E-state index in [1.165, 1.54) is 20.3 Å². The summed E-state index contributed by atoms with van der Waals surface area (Å²) in [5, 5.41) is 0. The molecule has 0 radical (unpaired) electrons. The molecule has 0 bridgehead atoms. The molecular weight excluding hydrogens is 236 g/mol.